The molecule has 0 aliphatic carbocycles. The fourth-order valence-electron chi connectivity index (χ4n) is 2.06. The SMILES string of the molecule is CNC(=O)c1ccccc1NC(=O)C(C)Oc1ccc([N+](=O)[O-])cc1. The zero-order valence-corrected chi connectivity index (χ0v) is 13.7. The molecule has 0 radical (unpaired) electrons. The van der Waals surface area contributed by atoms with Crippen LogP contribution in [0.5, 0.6) is 5.75 Å². The molecule has 1 atom stereocenters. The summed E-state index contributed by atoms with van der Waals surface area (Å²) >= 11 is 0. The Hall–Kier alpha value is -3.42. The number of benzene rings is 2. The van der Waals surface area contributed by atoms with E-state index in [-0.39, 0.29) is 11.6 Å². The fourth-order valence-corrected chi connectivity index (χ4v) is 2.06. The van der Waals surface area contributed by atoms with Crippen molar-refractivity contribution in [2.75, 3.05) is 12.4 Å². The van der Waals surface area contributed by atoms with Crippen LogP contribution in [-0.4, -0.2) is 29.9 Å². The van der Waals surface area contributed by atoms with Crippen molar-refractivity contribution < 1.29 is 19.2 Å². The minimum atomic E-state index is -0.862. The van der Waals surface area contributed by atoms with Crippen LogP contribution < -0.4 is 15.4 Å². The van der Waals surface area contributed by atoms with Gasteiger partial charge in [-0.3, -0.25) is 19.7 Å². The second-order valence-electron chi connectivity index (χ2n) is 5.13. The largest absolute Gasteiger partial charge is 0.481 e. The normalized spacial score (nSPS) is 11.3. The molecule has 8 heteroatoms. The molecule has 0 fully saturated rings. The van der Waals surface area contributed by atoms with Crippen LogP contribution in [0.4, 0.5) is 11.4 Å². The van der Waals surface area contributed by atoms with Gasteiger partial charge in [0.1, 0.15) is 5.75 Å². The molecule has 1 unspecified atom stereocenters. The second kappa shape index (κ2) is 7.91. The Morgan fingerprint density at radius 1 is 1.12 bits per heavy atom. The number of anilines is 1. The molecule has 0 aliphatic heterocycles. The summed E-state index contributed by atoms with van der Waals surface area (Å²) in [5.74, 6) is -0.442. The third-order valence-electron chi connectivity index (χ3n) is 3.39. The molecule has 0 bridgehead atoms. The highest BCUT2D eigenvalue weighted by molar-refractivity contribution is 6.04. The number of carbonyl (C=O) groups is 2. The number of para-hydroxylation sites is 1. The third kappa shape index (κ3) is 4.54. The Balaban J connectivity index is 2.06. The average Bonchev–Trinajstić information content (AvgIpc) is 2.61. The molecule has 130 valence electrons. The monoisotopic (exact) mass is 343 g/mol. The van der Waals surface area contributed by atoms with Crippen molar-refractivity contribution >= 4 is 23.2 Å². The standard InChI is InChI=1S/C17H17N3O5/c1-11(25-13-9-7-12(8-10-13)20(23)24)16(21)19-15-6-4-3-5-14(15)17(22)18-2/h3-11H,1-2H3,(H,18,22)(H,19,21). The molecule has 2 rings (SSSR count). The molecule has 8 nitrogen and oxygen atoms in total. The van der Waals surface area contributed by atoms with E-state index < -0.39 is 16.9 Å². The lowest BCUT2D eigenvalue weighted by atomic mass is 10.1. The number of nitro benzene ring substituents is 1. The molecule has 25 heavy (non-hydrogen) atoms. The van der Waals surface area contributed by atoms with E-state index in [4.69, 9.17) is 4.74 Å². The fraction of sp³-hybridized carbons (Fsp3) is 0.176. The number of non-ortho nitro benzene ring substituents is 1. The van der Waals surface area contributed by atoms with Crippen molar-refractivity contribution in [3.8, 4) is 5.75 Å². The van der Waals surface area contributed by atoms with E-state index in [1.807, 2.05) is 0 Å². The average molecular weight is 343 g/mol. The Morgan fingerprint density at radius 3 is 2.36 bits per heavy atom. The highest BCUT2D eigenvalue weighted by atomic mass is 16.6. The molecule has 2 amide bonds. The van der Waals surface area contributed by atoms with Crippen molar-refractivity contribution in [3.05, 3.63) is 64.2 Å². The predicted molar refractivity (Wildman–Crippen MR) is 91.6 cm³/mol. The van der Waals surface area contributed by atoms with Crippen LogP contribution in [0.3, 0.4) is 0 Å². The number of hydrogen-bond donors (Lipinski definition) is 2. The Bertz CT molecular complexity index is 789. The van der Waals surface area contributed by atoms with E-state index >= 15 is 0 Å². The molecule has 0 spiro atoms. The lowest BCUT2D eigenvalue weighted by molar-refractivity contribution is -0.384. The van der Waals surface area contributed by atoms with Crippen molar-refractivity contribution in [3.63, 3.8) is 0 Å². The van der Waals surface area contributed by atoms with Gasteiger partial charge in [0.2, 0.25) is 0 Å². The third-order valence-corrected chi connectivity index (χ3v) is 3.39. The number of nitrogens with zero attached hydrogens (tertiary/aromatic N) is 1. The Morgan fingerprint density at radius 2 is 1.76 bits per heavy atom. The van der Waals surface area contributed by atoms with Crippen LogP contribution in [0.2, 0.25) is 0 Å². The lowest BCUT2D eigenvalue weighted by Gasteiger charge is -2.16. The highest BCUT2D eigenvalue weighted by Crippen LogP contribution is 2.19. The van der Waals surface area contributed by atoms with Crippen LogP contribution in [0.15, 0.2) is 48.5 Å². The maximum Gasteiger partial charge on any atom is 0.269 e. The molecule has 0 aromatic heterocycles. The van der Waals surface area contributed by atoms with Gasteiger partial charge in [-0.25, -0.2) is 0 Å². The summed E-state index contributed by atoms with van der Waals surface area (Å²) in [5.41, 5.74) is 0.635. The van der Waals surface area contributed by atoms with Crippen LogP contribution in [0.25, 0.3) is 0 Å². The van der Waals surface area contributed by atoms with Crippen molar-refractivity contribution in [2.45, 2.75) is 13.0 Å². The number of nitrogens with one attached hydrogen (secondary N) is 2. The number of nitro groups is 1. The summed E-state index contributed by atoms with van der Waals surface area (Å²) < 4.78 is 5.47. The molecular formula is C17H17N3O5. The van der Waals surface area contributed by atoms with E-state index in [0.29, 0.717) is 17.0 Å². The van der Waals surface area contributed by atoms with Gasteiger partial charge in [-0.15, -0.1) is 0 Å². The molecule has 2 N–H and O–H groups in total. The smallest absolute Gasteiger partial charge is 0.269 e. The maximum atomic E-state index is 12.3. The summed E-state index contributed by atoms with van der Waals surface area (Å²) in [7, 11) is 1.50. The van der Waals surface area contributed by atoms with Gasteiger partial charge in [0.05, 0.1) is 16.2 Å². The zero-order chi connectivity index (χ0) is 18.4. The van der Waals surface area contributed by atoms with Gasteiger partial charge in [-0.1, -0.05) is 12.1 Å². The molecule has 2 aromatic rings. The number of ether oxygens (including phenoxy) is 1. The summed E-state index contributed by atoms with van der Waals surface area (Å²) in [5, 5.41) is 15.8. The molecule has 0 saturated carbocycles. The number of rotatable bonds is 6. The lowest BCUT2D eigenvalue weighted by Crippen LogP contribution is -2.31. The van der Waals surface area contributed by atoms with Gasteiger partial charge < -0.3 is 15.4 Å². The quantitative estimate of drug-likeness (QED) is 0.618. The van der Waals surface area contributed by atoms with Gasteiger partial charge in [-0.05, 0) is 31.2 Å². The summed E-state index contributed by atoms with van der Waals surface area (Å²) in [6.45, 7) is 1.54. The molecule has 0 aliphatic rings. The minimum Gasteiger partial charge on any atom is -0.481 e. The molecule has 2 aromatic carbocycles. The van der Waals surface area contributed by atoms with Gasteiger partial charge in [0.15, 0.2) is 6.10 Å². The van der Waals surface area contributed by atoms with Crippen molar-refractivity contribution in [1.29, 1.82) is 0 Å². The first kappa shape index (κ1) is 17.9. The maximum absolute atomic E-state index is 12.3. The first-order valence-corrected chi connectivity index (χ1v) is 7.45. The Kier molecular flexibility index (Phi) is 5.67. The van der Waals surface area contributed by atoms with Gasteiger partial charge in [0.25, 0.3) is 17.5 Å². The topological polar surface area (TPSA) is 111 Å². The first-order valence-electron chi connectivity index (χ1n) is 7.45. The second-order valence-corrected chi connectivity index (χ2v) is 5.13. The summed E-state index contributed by atoms with van der Waals surface area (Å²) in [6.07, 6.45) is -0.862. The van der Waals surface area contributed by atoms with Crippen LogP contribution in [0, 0.1) is 10.1 Å². The van der Waals surface area contributed by atoms with Gasteiger partial charge >= 0.3 is 0 Å². The van der Waals surface area contributed by atoms with Gasteiger partial charge in [-0.2, -0.15) is 0 Å². The predicted octanol–water partition coefficient (Wildman–Crippen LogP) is 2.36. The van der Waals surface area contributed by atoms with Crippen LogP contribution >= 0.6 is 0 Å². The molecular weight excluding hydrogens is 326 g/mol. The zero-order valence-electron chi connectivity index (χ0n) is 13.7. The van der Waals surface area contributed by atoms with E-state index in [0.717, 1.165) is 0 Å². The van der Waals surface area contributed by atoms with Crippen LogP contribution in [-0.2, 0) is 4.79 Å². The Labute approximate surface area is 144 Å². The minimum absolute atomic E-state index is 0.0658. The first-order chi connectivity index (χ1) is 11.9. The van der Waals surface area contributed by atoms with E-state index in [9.17, 15) is 19.7 Å². The van der Waals surface area contributed by atoms with Crippen LogP contribution in [0.1, 0.15) is 17.3 Å². The molecule has 0 heterocycles. The number of carbonyl (C=O) groups excluding carboxylic acids is 2. The van der Waals surface area contributed by atoms with Gasteiger partial charge in [0, 0.05) is 19.2 Å². The molecule has 0 saturated heterocycles. The van der Waals surface area contributed by atoms with Crippen molar-refractivity contribution in [1.82, 2.24) is 5.32 Å². The van der Waals surface area contributed by atoms with E-state index in [1.165, 1.54) is 31.3 Å². The van der Waals surface area contributed by atoms with Crippen molar-refractivity contribution in [2.24, 2.45) is 0 Å². The number of amides is 2. The summed E-state index contributed by atoms with van der Waals surface area (Å²) in [4.78, 5) is 34.2. The highest BCUT2D eigenvalue weighted by Gasteiger charge is 2.18. The van der Waals surface area contributed by atoms with E-state index in [2.05, 4.69) is 10.6 Å². The van der Waals surface area contributed by atoms with E-state index in [1.54, 1.807) is 31.2 Å². The number of hydrogen-bond acceptors (Lipinski definition) is 5. The summed E-state index contributed by atoms with van der Waals surface area (Å²) in [6, 6.07) is 12.0.